The fourth-order valence-corrected chi connectivity index (χ4v) is 1.72. The molecule has 1 saturated heterocycles. The summed E-state index contributed by atoms with van der Waals surface area (Å²) in [6.07, 6.45) is 0.172. The number of amides is 2. The van der Waals surface area contributed by atoms with Gasteiger partial charge in [-0.1, -0.05) is 6.92 Å². The molecule has 2 amide bonds. The van der Waals surface area contributed by atoms with Crippen LogP contribution in [0.15, 0.2) is 0 Å². The van der Waals surface area contributed by atoms with Gasteiger partial charge in [-0.15, -0.1) is 0 Å². The first-order chi connectivity index (χ1) is 7.65. The van der Waals surface area contributed by atoms with Crippen molar-refractivity contribution in [1.29, 1.82) is 0 Å². The zero-order valence-corrected chi connectivity index (χ0v) is 9.49. The Morgan fingerprint density at radius 3 is 2.81 bits per heavy atom. The van der Waals surface area contributed by atoms with Crippen LogP contribution < -0.4 is 16.4 Å². The van der Waals surface area contributed by atoms with Crippen LogP contribution >= 0.6 is 0 Å². The van der Waals surface area contributed by atoms with Crippen LogP contribution in [0.25, 0.3) is 0 Å². The van der Waals surface area contributed by atoms with E-state index in [4.69, 9.17) is 10.5 Å². The second kappa shape index (κ2) is 6.44. The predicted molar refractivity (Wildman–Crippen MR) is 58.6 cm³/mol. The molecule has 6 nitrogen and oxygen atoms in total. The van der Waals surface area contributed by atoms with Crippen LogP contribution in [0.4, 0.5) is 0 Å². The molecule has 0 saturated carbocycles. The molecular formula is C10H19N3O3. The van der Waals surface area contributed by atoms with Crippen LogP contribution in [0.1, 0.15) is 13.3 Å². The Kier molecular flexibility index (Phi) is 5.21. The molecule has 1 aliphatic rings. The van der Waals surface area contributed by atoms with Gasteiger partial charge < -0.3 is 21.1 Å². The number of ether oxygens (including phenoxy) is 1. The minimum atomic E-state index is -0.411. The highest BCUT2D eigenvalue weighted by atomic mass is 16.5. The van der Waals surface area contributed by atoms with Crippen molar-refractivity contribution in [3.63, 3.8) is 0 Å². The van der Waals surface area contributed by atoms with Crippen molar-refractivity contribution in [3.05, 3.63) is 0 Å². The number of rotatable bonds is 6. The molecule has 2 unspecified atom stereocenters. The summed E-state index contributed by atoms with van der Waals surface area (Å²) in [5.41, 5.74) is 4.98. The van der Waals surface area contributed by atoms with Crippen molar-refractivity contribution in [2.45, 2.75) is 19.4 Å². The Hall–Kier alpha value is -1.14. The van der Waals surface area contributed by atoms with Crippen molar-refractivity contribution in [3.8, 4) is 0 Å². The second-order valence-corrected chi connectivity index (χ2v) is 3.82. The van der Waals surface area contributed by atoms with Gasteiger partial charge in [-0.2, -0.15) is 0 Å². The summed E-state index contributed by atoms with van der Waals surface area (Å²) in [5.74, 6) is -0.663. The highest BCUT2D eigenvalue weighted by Crippen LogP contribution is 2.13. The average molecular weight is 229 g/mol. The third-order valence-corrected chi connectivity index (χ3v) is 2.55. The summed E-state index contributed by atoms with van der Waals surface area (Å²) in [6.45, 7) is 4.07. The Morgan fingerprint density at radius 2 is 2.19 bits per heavy atom. The number of carbonyl (C=O) groups excluding carboxylic acids is 2. The largest absolute Gasteiger partial charge is 0.379 e. The van der Waals surface area contributed by atoms with E-state index in [0.717, 1.165) is 6.54 Å². The van der Waals surface area contributed by atoms with Gasteiger partial charge in [0.25, 0.3) is 0 Å². The summed E-state index contributed by atoms with van der Waals surface area (Å²) in [4.78, 5) is 22.2. The maximum atomic E-state index is 11.7. The van der Waals surface area contributed by atoms with E-state index in [0.29, 0.717) is 19.8 Å². The number of nitrogens with two attached hydrogens (primary N) is 1. The van der Waals surface area contributed by atoms with Crippen LogP contribution in [-0.2, 0) is 14.3 Å². The zero-order valence-electron chi connectivity index (χ0n) is 9.49. The Morgan fingerprint density at radius 1 is 1.44 bits per heavy atom. The molecule has 0 spiro atoms. The third-order valence-electron chi connectivity index (χ3n) is 2.55. The first-order valence-corrected chi connectivity index (χ1v) is 5.52. The van der Waals surface area contributed by atoms with E-state index < -0.39 is 5.91 Å². The molecule has 1 rings (SSSR count). The SMILES string of the molecule is CCNC1COCC1C(=O)NCCC(N)=O. The van der Waals surface area contributed by atoms with Crippen LogP contribution in [-0.4, -0.2) is 44.2 Å². The molecule has 0 radical (unpaired) electrons. The molecule has 1 heterocycles. The van der Waals surface area contributed by atoms with Crippen molar-refractivity contribution < 1.29 is 14.3 Å². The van der Waals surface area contributed by atoms with Gasteiger partial charge in [0, 0.05) is 19.0 Å². The summed E-state index contributed by atoms with van der Waals surface area (Å²) >= 11 is 0. The van der Waals surface area contributed by atoms with Crippen molar-refractivity contribution >= 4 is 11.8 Å². The van der Waals surface area contributed by atoms with Crippen LogP contribution in [0.3, 0.4) is 0 Å². The first kappa shape index (κ1) is 12.9. The minimum Gasteiger partial charge on any atom is -0.379 e. The predicted octanol–water partition coefficient (Wildman–Crippen LogP) is -1.40. The van der Waals surface area contributed by atoms with E-state index in [2.05, 4.69) is 10.6 Å². The Balaban J connectivity index is 2.31. The zero-order chi connectivity index (χ0) is 12.0. The lowest BCUT2D eigenvalue weighted by atomic mass is 10.0. The molecule has 4 N–H and O–H groups in total. The van der Waals surface area contributed by atoms with E-state index in [9.17, 15) is 9.59 Å². The highest BCUT2D eigenvalue weighted by molar-refractivity contribution is 5.81. The summed E-state index contributed by atoms with van der Waals surface area (Å²) < 4.78 is 5.26. The highest BCUT2D eigenvalue weighted by Gasteiger charge is 2.33. The lowest BCUT2D eigenvalue weighted by Gasteiger charge is -2.17. The molecule has 0 aliphatic carbocycles. The fraction of sp³-hybridized carbons (Fsp3) is 0.800. The van der Waals surface area contributed by atoms with E-state index in [1.807, 2.05) is 6.92 Å². The minimum absolute atomic E-state index is 0.0681. The number of hydrogen-bond acceptors (Lipinski definition) is 4. The lowest BCUT2D eigenvalue weighted by molar-refractivity contribution is -0.125. The lowest BCUT2D eigenvalue weighted by Crippen LogP contribution is -2.44. The molecule has 0 aromatic carbocycles. The third kappa shape index (κ3) is 3.79. The first-order valence-electron chi connectivity index (χ1n) is 5.52. The van der Waals surface area contributed by atoms with Crippen molar-refractivity contribution in [2.24, 2.45) is 11.7 Å². The smallest absolute Gasteiger partial charge is 0.227 e. The second-order valence-electron chi connectivity index (χ2n) is 3.82. The van der Waals surface area contributed by atoms with Crippen LogP contribution in [0, 0.1) is 5.92 Å². The molecule has 2 atom stereocenters. The number of carbonyl (C=O) groups is 2. The van der Waals surface area contributed by atoms with Gasteiger partial charge in [0.1, 0.15) is 0 Å². The fourth-order valence-electron chi connectivity index (χ4n) is 1.72. The maximum Gasteiger partial charge on any atom is 0.227 e. The van der Waals surface area contributed by atoms with Gasteiger partial charge in [-0.25, -0.2) is 0 Å². The van der Waals surface area contributed by atoms with Crippen LogP contribution in [0.5, 0.6) is 0 Å². The molecule has 0 aromatic heterocycles. The number of nitrogens with one attached hydrogen (secondary N) is 2. The summed E-state index contributed by atoms with van der Waals surface area (Å²) in [6, 6.07) is 0.0681. The van der Waals surface area contributed by atoms with Gasteiger partial charge >= 0.3 is 0 Å². The van der Waals surface area contributed by atoms with E-state index in [-0.39, 0.29) is 24.3 Å². The van der Waals surface area contributed by atoms with E-state index in [1.165, 1.54) is 0 Å². The van der Waals surface area contributed by atoms with Gasteiger partial charge in [0.15, 0.2) is 0 Å². The molecular weight excluding hydrogens is 210 g/mol. The standard InChI is InChI=1S/C10H19N3O3/c1-2-12-8-6-16-5-7(8)10(15)13-4-3-9(11)14/h7-8,12H,2-6H2,1H3,(H2,11,14)(H,13,15). The van der Waals surface area contributed by atoms with Gasteiger partial charge in [0.2, 0.25) is 11.8 Å². The molecule has 6 heteroatoms. The van der Waals surface area contributed by atoms with E-state index >= 15 is 0 Å². The molecule has 1 fully saturated rings. The monoisotopic (exact) mass is 229 g/mol. The summed E-state index contributed by atoms with van der Waals surface area (Å²) in [5, 5.41) is 5.88. The maximum absolute atomic E-state index is 11.7. The molecule has 0 aromatic rings. The summed E-state index contributed by atoms with van der Waals surface area (Å²) in [7, 11) is 0. The van der Waals surface area contributed by atoms with E-state index in [1.54, 1.807) is 0 Å². The Labute approximate surface area is 94.9 Å². The van der Waals surface area contributed by atoms with Crippen molar-refractivity contribution in [1.82, 2.24) is 10.6 Å². The normalized spacial score (nSPS) is 24.3. The van der Waals surface area contributed by atoms with Gasteiger partial charge in [-0.3, -0.25) is 9.59 Å². The van der Waals surface area contributed by atoms with Crippen molar-refractivity contribution in [2.75, 3.05) is 26.3 Å². The van der Waals surface area contributed by atoms with Gasteiger partial charge in [-0.05, 0) is 6.54 Å². The average Bonchev–Trinajstić information content (AvgIpc) is 2.66. The quantitative estimate of drug-likeness (QED) is 0.522. The molecule has 0 bridgehead atoms. The Bertz CT molecular complexity index is 258. The number of hydrogen-bond donors (Lipinski definition) is 3. The van der Waals surface area contributed by atoms with Crippen LogP contribution in [0.2, 0.25) is 0 Å². The number of primary amides is 1. The molecule has 16 heavy (non-hydrogen) atoms. The molecule has 1 aliphatic heterocycles. The topological polar surface area (TPSA) is 93.4 Å². The van der Waals surface area contributed by atoms with Gasteiger partial charge in [0.05, 0.1) is 19.1 Å². The molecule has 92 valence electrons. The number of likely N-dealkylation sites (N-methyl/N-ethyl adjacent to an activating group) is 1.